The number of aryl methyl sites for hydroxylation is 2. The summed E-state index contributed by atoms with van der Waals surface area (Å²) in [5.41, 5.74) is 1.26. The SMILES string of the molecule is CCc1c(C)sc2ncn(CCN(C)C)c(=O)c12. The van der Waals surface area contributed by atoms with Gasteiger partial charge in [0.1, 0.15) is 4.83 Å². The molecule has 4 nitrogen and oxygen atoms in total. The van der Waals surface area contributed by atoms with E-state index in [1.165, 1.54) is 4.88 Å². The third-order valence-corrected chi connectivity index (χ3v) is 4.18. The van der Waals surface area contributed by atoms with Gasteiger partial charge in [-0.1, -0.05) is 6.92 Å². The van der Waals surface area contributed by atoms with Crippen molar-refractivity contribution in [3.63, 3.8) is 0 Å². The van der Waals surface area contributed by atoms with E-state index in [0.717, 1.165) is 28.7 Å². The molecular weight excluding hydrogens is 246 g/mol. The lowest BCUT2D eigenvalue weighted by Crippen LogP contribution is -2.26. The monoisotopic (exact) mass is 265 g/mol. The number of hydrogen-bond acceptors (Lipinski definition) is 4. The molecule has 0 spiro atoms. The fourth-order valence-corrected chi connectivity index (χ4v) is 3.16. The van der Waals surface area contributed by atoms with Crippen molar-refractivity contribution >= 4 is 21.6 Å². The van der Waals surface area contributed by atoms with Crippen molar-refractivity contribution in [3.05, 3.63) is 27.1 Å². The maximum absolute atomic E-state index is 12.4. The zero-order chi connectivity index (χ0) is 13.3. The van der Waals surface area contributed by atoms with Crippen LogP contribution in [0.3, 0.4) is 0 Å². The normalized spacial score (nSPS) is 11.6. The van der Waals surface area contributed by atoms with E-state index in [4.69, 9.17) is 0 Å². The molecule has 98 valence electrons. The fourth-order valence-electron chi connectivity index (χ4n) is 2.09. The maximum atomic E-state index is 12.4. The Morgan fingerprint density at radius 2 is 2.17 bits per heavy atom. The second kappa shape index (κ2) is 5.20. The van der Waals surface area contributed by atoms with E-state index < -0.39 is 0 Å². The lowest BCUT2D eigenvalue weighted by Gasteiger charge is -2.10. The average molecular weight is 265 g/mol. The third-order valence-electron chi connectivity index (χ3n) is 3.12. The summed E-state index contributed by atoms with van der Waals surface area (Å²) in [4.78, 5) is 21.0. The van der Waals surface area contributed by atoms with Crippen LogP contribution in [0.4, 0.5) is 0 Å². The van der Waals surface area contributed by atoms with E-state index in [9.17, 15) is 4.79 Å². The average Bonchev–Trinajstić information content (AvgIpc) is 2.64. The van der Waals surface area contributed by atoms with Gasteiger partial charge in [-0.15, -0.1) is 11.3 Å². The van der Waals surface area contributed by atoms with Crippen molar-refractivity contribution in [1.82, 2.24) is 14.5 Å². The van der Waals surface area contributed by atoms with Gasteiger partial charge < -0.3 is 4.90 Å². The first kappa shape index (κ1) is 13.2. The van der Waals surface area contributed by atoms with Crippen LogP contribution in [0, 0.1) is 6.92 Å². The van der Waals surface area contributed by atoms with Crippen LogP contribution < -0.4 is 5.56 Å². The van der Waals surface area contributed by atoms with Crippen molar-refractivity contribution in [2.24, 2.45) is 0 Å². The summed E-state index contributed by atoms with van der Waals surface area (Å²) < 4.78 is 1.72. The Labute approximate surface area is 111 Å². The van der Waals surface area contributed by atoms with Crippen LogP contribution in [0.1, 0.15) is 17.4 Å². The van der Waals surface area contributed by atoms with Crippen LogP contribution in [0.2, 0.25) is 0 Å². The smallest absolute Gasteiger partial charge is 0.262 e. The van der Waals surface area contributed by atoms with Gasteiger partial charge in [0.15, 0.2) is 0 Å². The molecule has 0 fully saturated rings. The van der Waals surface area contributed by atoms with Gasteiger partial charge in [-0.25, -0.2) is 4.98 Å². The number of nitrogens with zero attached hydrogens (tertiary/aromatic N) is 3. The molecule has 2 rings (SSSR count). The highest BCUT2D eigenvalue weighted by Crippen LogP contribution is 2.26. The Kier molecular flexibility index (Phi) is 3.82. The molecule has 0 radical (unpaired) electrons. The van der Waals surface area contributed by atoms with Crippen LogP contribution in [-0.2, 0) is 13.0 Å². The molecule has 0 N–H and O–H groups in total. The largest absolute Gasteiger partial charge is 0.308 e. The van der Waals surface area contributed by atoms with Gasteiger partial charge >= 0.3 is 0 Å². The molecule has 2 aromatic heterocycles. The summed E-state index contributed by atoms with van der Waals surface area (Å²) in [6, 6.07) is 0. The Morgan fingerprint density at radius 1 is 1.44 bits per heavy atom. The molecule has 0 saturated heterocycles. The van der Waals surface area contributed by atoms with Gasteiger partial charge in [-0.05, 0) is 33.0 Å². The number of hydrogen-bond donors (Lipinski definition) is 0. The first-order valence-electron chi connectivity index (χ1n) is 6.16. The molecule has 0 atom stereocenters. The van der Waals surface area contributed by atoms with E-state index in [1.54, 1.807) is 22.2 Å². The Hall–Kier alpha value is -1.20. The number of likely N-dealkylation sites (N-methyl/N-ethyl adjacent to an activating group) is 1. The van der Waals surface area contributed by atoms with Gasteiger partial charge in [0.25, 0.3) is 5.56 Å². The predicted octanol–water partition coefficient (Wildman–Crippen LogP) is 1.89. The molecule has 0 aliphatic heterocycles. The molecule has 0 saturated carbocycles. The highest BCUT2D eigenvalue weighted by molar-refractivity contribution is 7.18. The standard InChI is InChI=1S/C13H19N3OS/c1-5-10-9(2)18-12-11(10)13(17)16(8-14-12)7-6-15(3)4/h8H,5-7H2,1-4H3. The Bertz CT molecular complexity index is 612. The van der Waals surface area contributed by atoms with E-state index in [2.05, 4.69) is 23.7 Å². The summed E-state index contributed by atoms with van der Waals surface area (Å²) in [5.74, 6) is 0. The zero-order valence-electron chi connectivity index (χ0n) is 11.4. The van der Waals surface area contributed by atoms with E-state index in [0.29, 0.717) is 6.54 Å². The zero-order valence-corrected chi connectivity index (χ0v) is 12.2. The third kappa shape index (κ3) is 2.33. The highest BCUT2D eigenvalue weighted by atomic mass is 32.1. The van der Waals surface area contributed by atoms with Gasteiger partial charge in [0, 0.05) is 18.0 Å². The topological polar surface area (TPSA) is 38.1 Å². The summed E-state index contributed by atoms with van der Waals surface area (Å²) >= 11 is 1.62. The fraction of sp³-hybridized carbons (Fsp3) is 0.538. The predicted molar refractivity (Wildman–Crippen MR) is 76.5 cm³/mol. The molecular formula is C13H19N3OS. The van der Waals surface area contributed by atoms with E-state index in [-0.39, 0.29) is 5.56 Å². The van der Waals surface area contributed by atoms with Crippen LogP contribution in [0.5, 0.6) is 0 Å². The molecule has 2 heterocycles. The number of rotatable bonds is 4. The second-order valence-electron chi connectivity index (χ2n) is 4.72. The van der Waals surface area contributed by atoms with Crippen LogP contribution in [0.25, 0.3) is 10.2 Å². The van der Waals surface area contributed by atoms with Crippen molar-refractivity contribution in [2.75, 3.05) is 20.6 Å². The summed E-state index contributed by atoms with van der Waals surface area (Å²) in [6.45, 7) is 5.68. The van der Waals surface area contributed by atoms with Crippen LogP contribution >= 0.6 is 11.3 Å². The molecule has 2 aromatic rings. The lowest BCUT2D eigenvalue weighted by molar-refractivity contribution is 0.380. The van der Waals surface area contributed by atoms with Gasteiger partial charge in [0.05, 0.1) is 11.7 Å². The first-order valence-corrected chi connectivity index (χ1v) is 6.98. The number of thiophene rings is 1. The minimum Gasteiger partial charge on any atom is -0.308 e. The molecule has 0 aliphatic rings. The van der Waals surface area contributed by atoms with Gasteiger partial charge in [0.2, 0.25) is 0 Å². The molecule has 0 bridgehead atoms. The van der Waals surface area contributed by atoms with Crippen molar-refractivity contribution in [1.29, 1.82) is 0 Å². The number of fused-ring (bicyclic) bond motifs is 1. The quantitative estimate of drug-likeness (QED) is 0.847. The Balaban J connectivity index is 2.52. The van der Waals surface area contributed by atoms with E-state index in [1.807, 2.05) is 14.1 Å². The van der Waals surface area contributed by atoms with Crippen LogP contribution in [0.15, 0.2) is 11.1 Å². The lowest BCUT2D eigenvalue weighted by atomic mass is 10.1. The van der Waals surface area contributed by atoms with Gasteiger partial charge in [-0.3, -0.25) is 9.36 Å². The van der Waals surface area contributed by atoms with E-state index >= 15 is 0 Å². The molecule has 0 unspecified atom stereocenters. The van der Waals surface area contributed by atoms with Crippen molar-refractivity contribution < 1.29 is 0 Å². The summed E-state index contributed by atoms with van der Waals surface area (Å²) in [5, 5.41) is 0.821. The minimum atomic E-state index is 0.100. The molecule has 0 aromatic carbocycles. The molecule has 18 heavy (non-hydrogen) atoms. The number of aromatic nitrogens is 2. The van der Waals surface area contributed by atoms with Crippen molar-refractivity contribution in [2.45, 2.75) is 26.8 Å². The van der Waals surface area contributed by atoms with Crippen LogP contribution in [-0.4, -0.2) is 35.1 Å². The van der Waals surface area contributed by atoms with Gasteiger partial charge in [-0.2, -0.15) is 0 Å². The van der Waals surface area contributed by atoms with Crippen molar-refractivity contribution in [3.8, 4) is 0 Å². The molecule has 0 amide bonds. The maximum Gasteiger partial charge on any atom is 0.262 e. The highest BCUT2D eigenvalue weighted by Gasteiger charge is 2.13. The Morgan fingerprint density at radius 3 is 2.78 bits per heavy atom. The second-order valence-corrected chi connectivity index (χ2v) is 5.92. The minimum absolute atomic E-state index is 0.100. The molecule has 5 heteroatoms. The summed E-state index contributed by atoms with van der Waals surface area (Å²) in [6.07, 6.45) is 2.56. The summed E-state index contributed by atoms with van der Waals surface area (Å²) in [7, 11) is 4.01. The molecule has 0 aliphatic carbocycles. The first-order chi connectivity index (χ1) is 8.54.